The number of furan rings is 1. The largest absolute Gasteiger partial charge is 0.469 e. The molecule has 2 amide bonds. The molecule has 1 aliphatic rings. The van der Waals surface area contributed by atoms with E-state index in [-0.39, 0.29) is 18.2 Å². The van der Waals surface area contributed by atoms with Gasteiger partial charge < -0.3 is 20.2 Å². The van der Waals surface area contributed by atoms with Crippen LogP contribution in [0, 0.1) is 6.92 Å². The number of fused-ring (bicyclic) bond motifs is 1. The number of hydrogen-bond acceptors (Lipinski definition) is 4. The van der Waals surface area contributed by atoms with Gasteiger partial charge in [0.25, 0.3) is 0 Å². The maximum absolute atomic E-state index is 11.6. The quantitative estimate of drug-likeness (QED) is 0.736. The van der Waals surface area contributed by atoms with E-state index in [1.807, 2.05) is 0 Å². The number of amides is 2. The van der Waals surface area contributed by atoms with Crippen molar-refractivity contribution in [1.29, 1.82) is 0 Å². The van der Waals surface area contributed by atoms with E-state index in [1.54, 1.807) is 31.2 Å². The van der Waals surface area contributed by atoms with Crippen LogP contribution in [0.3, 0.4) is 0 Å². The highest BCUT2D eigenvalue weighted by atomic mass is 16.3. The van der Waals surface area contributed by atoms with E-state index < -0.39 is 6.10 Å². The Balaban J connectivity index is 1.98. The Labute approximate surface area is 120 Å². The van der Waals surface area contributed by atoms with Crippen molar-refractivity contribution in [3.63, 3.8) is 0 Å². The van der Waals surface area contributed by atoms with Crippen molar-refractivity contribution < 1.29 is 19.1 Å². The second kappa shape index (κ2) is 5.06. The lowest BCUT2D eigenvalue weighted by Gasteiger charge is -2.14. The number of aliphatic hydroxyl groups is 1. The molecule has 3 N–H and O–H groups in total. The van der Waals surface area contributed by atoms with Crippen molar-refractivity contribution in [2.24, 2.45) is 0 Å². The monoisotopic (exact) mass is 286 g/mol. The zero-order valence-electron chi connectivity index (χ0n) is 11.3. The van der Waals surface area contributed by atoms with Crippen LogP contribution < -0.4 is 10.6 Å². The number of hydrogen-bond donors (Lipinski definition) is 3. The molecule has 3 rings (SSSR count). The molecule has 1 aliphatic heterocycles. The number of aliphatic hydroxyl groups excluding tert-OH is 1. The first-order valence-electron chi connectivity index (χ1n) is 6.50. The molecule has 6 heteroatoms. The summed E-state index contributed by atoms with van der Waals surface area (Å²) in [6, 6.07) is 6.71. The lowest BCUT2D eigenvalue weighted by Crippen LogP contribution is -2.16. The number of benzene rings is 1. The molecule has 1 atom stereocenters. The molecular formula is C15H14N2O4. The summed E-state index contributed by atoms with van der Waals surface area (Å²) >= 11 is 0. The Morgan fingerprint density at radius 3 is 2.52 bits per heavy atom. The Kier molecular flexibility index (Phi) is 3.23. The smallest absolute Gasteiger partial charge is 0.233 e. The molecule has 2 aromatic rings. The summed E-state index contributed by atoms with van der Waals surface area (Å²) in [5.74, 6) is -0.0996. The number of aryl methyl sites for hydroxylation is 1. The fourth-order valence-electron chi connectivity index (χ4n) is 2.34. The SMILES string of the molecule is Cc1occc1C(O)c1ccc2c(c1)NC(=O)CC(=O)N2. The summed E-state index contributed by atoms with van der Waals surface area (Å²) in [7, 11) is 0. The standard InChI is InChI=1S/C15H14N2O4/c1-8-10(4-5-21-8)15(20)9-2-3-11-12(6-9)17-14(19)7-13(18)16-11/h2-6,15,20H,7H2,1H3,(H,16,18)(H,17,19). The number of carbonyl (C=O) groups is 2. The van der Waals surface area contributed by atoms with E-state index in [2.05, 4.69) is 10.6 Å². The van der Waals surface area contributed by atoms with Crippen molar-refractivity contribution in [3.8, 4) is 0 Å². The minimum Gasteiger partial charge on any atom is -0.469 e. The molecule has 0 radical (unpaired) electrons. The molecule has 6 nitrogen and oxygen atoms in total. The van der Waals surface area contributed by atoms with Gasteiger partial charge in [-0.1, -0.05) is 6.07 Å². The van der Waals surface area contributed by atoms with Crippen molar-refractivity contribution in [2.45, 2.75) is 19.4 Å². The lowest BCUT2D eigenvalue weighted by molar-refractivity contribution is -0.123. The predicted octanol–water partition coefficient (Wildman–Crippen LogP) is 1.95. The molecule has 1 aromatic carbocycles. The van der Waals surface area contributed by atoms with Crippen LogP contribution in [0.1, 0.15) is 29.4 Å². The third-order valence-electron chi connectivity index (χ3n) is 3.42. The third kappa shape index (κ3) is 2.53. The summed E-state index contributed by atoms with van der Waals surface area (Å²) in [4.78, 5) is 23.0. The lowest BCUT2D eigenvalue weighted by atomic mass is 10.0. The first kappa shape index (κ1) is 13.4. The van der Waals surface area contributed by atoms with Gasteiger partial charge in [0.15, 0.2) is 0 Å². The van der Waals surface area contributed by atoms with Gasteiger partial charge in [-0.3, -0.25) is 9.59 Å². The first-order valence-corrected chi connectivity index (χ1v) is 6.50. The van der Waals surface area contributed by atoms with Crippen LogP contribution in [0.5, 0.6) is 0 Å². The van der Waals surface area contributed by atoms with Crippen LogP contribution in [0.15, 0.2) is 34.9 Å². The van der Waals surface area contributed by atoms with Gasteiger partial charge in [-0.05, 0) is 30.7 Å². The summed E-state index contributed by atoms with van der Waals surface area (Å²) < 4.78 is 5.18. The van der Waals surface area contributed by atoms with Crippen LogP contribution in [0.2, 0.25) is 0 Å². The Morgan fingerprint density at radius 1 is 1.14 bits per heavy atom. The highest BCUT2D eigenvalue weighted by molar-refractivity contribution is 6.13. The average molecular weight is 286 g/mol. The van der Waals surface area contributed by atoms with E-state index in [9.17, 15) is 14.7 Å². The second-order valence-electron chi connectivity index (χ2n) is 4.91. The van der Waals surface area contributed by atoms with Gasteiger partial charge in [-0.2, -0.15) is 0 Å². The molecule has 108 valence electrons. The van der Waals surface area contributed by atoms with Crippen LogP contribution in [0.4, 0.5) is 11.4 Å². The summed E-state index contributed by atoms with van der Waals surface area (Å²) in [5, 5.41) is 15.7. The van der Waals surface area contributed by atoms with Gasteiger partial charge in [0.05, 0.1) is 17.6 Å². The van der Waals surface area contributed by atoms with Gasteiger partial charge in [-0.15, -0.1) is 0 Å². The molecule has 0 bridgehead atoms. The molecule has 2 heterocycles. The summed E-state index contributed by atoms with van der Waals surface area (Å²) in [6.45, 7) is 1.77. The molecule has 1 unspecified atom stereocenters. The van der Waals surface area contributed by atoms with Gasteiger partial charge >= 0.3 is 0 Å². The molecule has 0 saturated heterocycles. The number of rotatable bonds is 2. The molecule has 0 aliphatic carbocycles. The van der Waals surface area contributed by atoms with Gasteiger partial charge in [-0.25, -0.2) is 0 Å². The Morgan fingerprint density at radius 2 is 1.86 bits per heavy atom. The fourth-order valence-corrected chi connectivity index (χ4v) is 2.34. The van der Waals surface area contributed by atoms with Crippen molar-refractivity contribution in [3.05, 3.63) is 47.4 Å². The zero-order chi connectivity index (χ0) is 15.0. The Bertz CT molecular complexity index is 720. The minimum absolute atomic E-state index is 0.215. The maximum Gasteiger partial charge on any atom is 0.233 e. The van der Waals surface area contributed by atoms with Crippen LogP contribution in [-0.4, -0.2) is 16.9 Å². The molecule has 0 fully saturated rings. The number of nitrogens with one attached hydrogen (secondary N) is 2. The molecule has 1 aromatic heterocycles. The molecule has 0 saturated carbocycles. The van der Waals surface area contributed by atoms with E-state index in [0.29, 0.717) is 28.3 Å². The third-order valence-corrected chi connectivity index (χ3v) is 3.42. The Hall–Kier alpha value is -2.60. The predicted molar refractivity (Wildman–Crippen MR) is 75.8 cm³/mol. The maximum atomic E-state index is 11.6. The van der Waals surface area contributed by atoms with Crippen LogP contribution in [-0.2, 0) is 9.59 Å². The fraction of sp³-hybridized carbons (Fsp3) is 0.200. The van der Waals surface area contributed by atoms with E-state index in [0.717, 1.165) is 0 Å². The topological polar surface area (TPSA) is 91.6 Å². The highest BCUT2D eigenvalue weighted by Gasteiger charge is 2.21. The summed E-state index contributed by atoms with van der Waals surface area (Å²) in [5.41, 5.74) is 2.27. The van der Waals surface area contributed by atoms with Crippen LogP contribution in [0.25, 0.3) is 0 Å². The van der Waals surface area contributed by atoms with Crippen LogP contribution >= 0.6 is 0 Å². The highest BCUT2D eigenvalue weighted by Crippen LogP contribution is 2.32. The zero-order valence-corrected chi connectivity index (χ0v) is 11.3. The van der Waals surface area contributed by atoms with Crippen molar-refractivity contribution in [1.82, 2.24) is 0 Å². The first-order chi connectivity index (χ1) is 10.0. The normalized spacial score (nSPS) is 15.7. The van der Waals surface area contributed by atoms with Gasteiger partial charge in [0.2, 0.25) is 11.8 Å². The number of anilines is 2. The minimum atomic E-state index is -0.857. The van der Waals surface area contributed by atoms with E-state index in [1.165, 1.54) is 6.26 Å². The molecular weight excluding hydrogens is 272 g/mol. The molecule has 0 spiro atoms. The van der Waals surface area contributed by atoms with Crippen molar-refractivity contribution in [2.75, 3.05) is 10.6 Å². The average Bonchev–Trinajstić information content (AvgIpc) is 2.79. The van der Waals surface area contributed by atoms with E-state index >= 15 is 0 Å². The van der Waals surface area contributed by atoms with E-state index in [4.69, 9.17) is 4.42 Å². The molecule has 21 heavy (non-hydrogen) atoms. The van der Waals surface area contributed by atoms with Gasteiger partial charge in [0, 0.05) is 5.56 Å². The number of carbonyl (C=O) groups excluding carboxylic acids is 2. The summed E-state index contributed by atoms with van der Waals surface area (Å²) in [6.07, 6.45) is 0.442. The second-order valence-corrected chi connectivity index (χ2v) is 4.91. The van der Waals surface area contributed by atoms with Gasteiger partial charge in [0.1, 0.15) is 18.3 Å². The van der Waals surface area contributed by atoms with Crippen molar-refractivity contribution >= 4 is 23.2 Å².